The van der Waals surface area contributed by atoms with E-state index in [1.807, 2.05) is 0 Å². The number of hydrogen-bond acceptors (Lipinski definition) is 2. The van der Waals surface area contributed by atoms with Gasteiger partial charge in [-0.05, 0) is 58.9 Å². The minimum atomic E-state index is -1.16. The van der Waals surface area contributed by atoms with Gasteiger partial charge in [0.25, 0.3) is 0 Å². The lowest BCUT2D eigenvalue weighted by atomic mass is 10.1. The first-order valence-electron chi connectivity index (χ1n) is 7.11. The lowest BCUT2D eigenvalue weighted by Gasteiger charge is -2.60. The molecule has 0 aliphatic carbocycles. The van der Waals surface area contributed by atoms with Crippen molar-refractivity contribution in [1.29, 1.82) is 0 Å². The van der Waals surface area contributed by atoms with Crippen LogP contribution in [0, 0.1) is 0 Å². The molecule has 2 saturated heterocycles. The molecule has 0 N–H and O–H groups in total. The van der Waals surface area contributed by atoms with E-state index in [1.165, 1.54) is 25.2 Å². The van der Waals surface area contributed by atoms with Crippen LogP contribution in [0.1, 0.15) is 54.4 Å². The van der Waals surface area contributed by atoms with E-state index in [0.717, 1.165) is 11.3 Å². The normalized spacial score (nSPS) is 45.2. The smallest absolute Gasteiger partial charge is 0.00350 e. The predicted molar refractivity (Wildman–Crippen MR) is 94.6 cm³/mol. The maximum absolute atomic E-state index is 6.17. The molecule has 2 aliphatic heterocycles. The zero-order chi connectivity index (χ0) is 14.0. The molecule has 0 nitrogen and oxygen atoms in total. The third kappa shape index (κ3) is 2.05. The molecule has 0 saturated carbocycles. The van der Waals surface area contributed by atoms with Gasteiger partial charge in [-0.2, -0.15) is 0 Å². The Balaban J connectivity index is 2.26. The van der Waals surface area contributed by atoms with Crippen molar-refractivity contribution >= 4 is 35.7 Å². The molecule has 4 heteroatoms. The van der Waals surface area contributed by atoms with E-state index in [2.05, 4.69) is 41.5 Å². The second-order valence-corrected chi connectivity index (χ2v) is 20.1. The SMILES string of the molecule is CC(C)(C)[P@@]1(=S)CC[C@@H]1[C@H]1CC[P@]1(=S)C(C)(C)C. The van der Waals surface area contributed by atoms with E-state index in [-0.39, 0.29) is 0 Å². The quantitative estimate of drug-likeness (QED) is 0.617. The van der Waals surface area contributed by atoms with Crippen LogP contribution in [0.2, 0.25) is 0 Å². The third-order valence-corrected chi connectivity index (χ3v) is 21.3. The Morgan fingerprint density at radius 3 is 1.11 bits per heavy atom. The lowest BCUT2D eigenvalue weighted by molar-refractivity contribution is 0.593. The molecule has 2 heterocycles. The van der Waals surface area contributed by atoms with Crippen molar-refractivity contribution < 1.29 is 0 Å². The van der Waals surface area contributed by atoms with Crippen molar-refractivity contribution in [2.24, 2.45) is 0 Å². The van der Waals surface area contributed by atoms with Crippen molar-refractivity contribution in [3.63, 3.8) is 0 Å². The van der Waals surface area contributed by atoms with Gasteiger partial charge in [0.15, 0.2) is 0 Å². The standard InChI is InChI=1S/C14H28P2S2/c1-13(2,3)15(17)9-7-11(15)12-8-10-16(12,18)14(4,5)6/h11-12H,7-10H2,1-6H3/t11-,12-,15-,16-/m1/s1. The minimum Gasteiger partial charge on any atom is -0.0966 e. The number of rotatable bonds is 1. The Morgan fingerprint density at radius 1 is 0.722 bits per heavy atom. The zero-order valence-electron chi connectivity index (χ0n) is 12.7. The maximum Gasteiger partial charge on any atom is -0.00350 e. The van der Waals surface area contributed by atoms with E-state index >= 15 is 0 Å². The molecule has 106 valence electrons. The molecule has 2 fully saturated rings. The molecule has 0 aromatic heterocycles. The lowest BCUT2D eigenvalue weighted by Crippen LogP contribution is -2.48. The van der Waals surface area contributed by atoms with Crippen molar-refractivity contribution in [3.8, 4) is 0 Å². The van der Waals surface area contributed by atoms with Gasteiger partial charge >= 0.3 is 0 Å². The Hall–Kier alpha value is 1.30. The van der Waals surface area contributed by atoms with Gasteiger partial charge < -0.3 is 0 Å². The van der Waals surface area contributed by atoms with Crippen LogP contribution in [0.5, 0.6) is 0 Å². The second-order valence-electron chi connectivity index (χ2n) is 8.09. The predicted octanol–water partition coefficient (Wildman–Crippen LogP) is 5.09. The van der Waals surface area contributed by atoms with E-state index < -0.39 is 12.1 Å². The van der Waals surface area contributed by atoms with Crippen LogP contribution < -0.4 is 0 Å². The molecule has 0 aromatic rings. The Labute approximate surface area is 124 Å². The summed E-state index contributed by atoms with van der Waals surface area (Å²) in [5.74, 6) is 0. The van der Waals surface area contributed by atoms with Gasteiger partial charge in [0.1, 0.15) is 0 Å². The average Bonchev–Trinajstić information content (AvgIpc) is 2.16. The molecule has 0 aromatic carbocycles. The fourth-order valence-corrected chi connectivity index (χ4v) is 14.5. The highest BCUT2D eigenvalue weighted by Gasteiger charge is 2.57. The van der Waals surface area contributed by atoms with Crippen molar-refractivity contribution in [3.05, 3.63) is 0 Å². The van der Waals surface area contributed by atoms with Crippen molar-refractivity contribution in [1.82, 2.24) is 0 Å². The first-order valence-corrected chi connectivity index (χ1v) is 13.2. The number of hydrogen-bond donors (Lipinski definition) is 0. The first kappa shape index (κ1) is 15.7. The van der Waals surface area contributed by atoms with Crippen LogP contribution in [-0.4, -0.2) is 34.0 Å². The van der Waals surface area contributed by atoms with Crippen LogP contribution in [-0.2, 0) is 23.6 Å². The molecule has 0 amide bonds. The third-order valence-electron chi connectivity index (χ3n) is 5.30. The van der Waals surface area contributed by atoms with Crippen LogP contribution in [0.25, 0.3) is 0 Å². The molecule has 4 atom stereocenters. The maximum atomic E-state index is 6.17. The molecule has 2 rings (SSSR count). The summed E-state index contributed by atoms with van der Waals surface area (Å²) in [6, 6.07) is -2.33. The highest BCUT2D eigenvalue weighted by molar-refractivity contribution is 8.18. The minimum absolute atomic E-state index is 0.360. The summed E-state index contributed by atoms with van der Waals surface area (Å²) >= 11 is 12.3. The van der Waals surface area contributed by atoms with E-state index in [1.54, 1.807) is 0 Å². The van der Waals surface area contributed by atoms with E-state index in [9.17, 15) is 0 Å². The summed E-state index contributed by atoms with van der Waals surface area (Å²) in [4.78, 5) is 0. The second kappa shape index (κ2) is 4.40. The van der Waals surface area contributed by atoms with Crippen LogP contribution in [0.4, 0.5) is 0 Å². The average molecular weight is 322 g/mol. The Bertz CT molecular complexity index is 398. The molecule has 0 radical (unpaired) electrons. The summed E-state index contributed by atoms with van der Waals surface area (Å²) in [6.45, 7) is 14.2. The van der Waals surface area contributed by atoms with Crippen LogP contribution >= 0.6 is 12.1 Å². The molecule has 0 spiro atoms. The van der Waals surface area contributed by atoms with Gasteiger partial charge in [-0.25, -0.2) is 0 Å². The van der Waals surface area contributed by atoms with Crippen LogP contribution in [0.15, 0.2) is 0 Å². The van der Waals surface area contributed by atoms with E-state index in [4.69, 9.17) is 23.6 Å². The molecule has 0 unspecified atom stereocenters. The topological polar surface area (TPSA) is 0 Å². The monoisotopic (exact) mass is 322 g/mol. The largest absolute Gasteiger partial charge is 0.0966 e. The van der Waals surface area contributed by atoms with Gasteiger partial charge in [-0.15, -0.1) is 0 Å². The molecule has 18 heavy (non-hydrogen) atoms. The van der Waals surface area contributed by atoms with Crippen molar-refractivity contribution in [2.75, 3.05) is 12.3 Å². The molecular formula is C14H28P2S2. The van der Waals surface area contributed by atoms with Gasteiger partial charge in [0.2, 0.25) is 0 Å². The highest BCUT2D eigenvalue weighted by atomic mass is 32.4. The van der Waals surface area contributed by atoms with Gasteiger partial charge in [-0.1, -0.05) is 65.2 Å². The molecule has 0 bridgehead atoms. The van der Waals surface area contributed by atoms with Gasteiger partial charge in [0.05, 0.1) is 0 Å². The summed E-state index contributed by atoms with van der Waals surface area (Å²) in [7, 11) is 0. The Morgan fingerprint density at radius 2 is 1.00 bits per heavy atom. The molecular weight excluding hydrogens is 294 g/mol. The first-order chi connectivity index (χ1) is 7.93. The fourth-order valence-electron chi connectivity index (χ4n) is 3.63. The van der Waals surface area contributed by atoms with Gasteiger partial charge in [-0.3, -0.25) is 0 Å². The van der Waals surface area contributed by atoms with E-state index in [0.29, 0.717) is 10.3 Å². The van der Waals surface area contributed by atoms with Crippen molar-refractivity contribution in [2.45, 2.75) is 76.0 Å². The highest BCUT2D eigenvalue weighted by Crippen LogP contribution is 2.80. The fraction of sp³-hybridized carbons (Fsp3) is 1.00. The molecule has 2 aliphatic rings. The summed E-state index contributed by atoms with van der Waals surface area (Å²) in [5.41, 5.74) is 1.68. The zero-order valence-corrected chi connectivity index (χ0v) is 16.1. The van der Waals surface area contributed by atoms with Crippen LogP contribution in [0.3, 0.4) is 0 Å². The summed E-state index contributed by atoms with van der Waals surface area (Å²) in [6.07, 6.45) is 5.44. The Kier molecular flexibility index (Phi) is 3.83. The van der Waals surface area contributed by atoms with Gasteiger partial charge in [0, 0.05) is 0 Å². The summed E-state index contributed by atoms with van der Waals surface area (Å²) in [5, 5.41) is 0.720. The summed E-state index contributed by atoms with van der Waals surface area (Å²) < 4.78 is 0.